The SMILES string of the molecule is Clc1nc(NCc2coc(Br)c2)c2[nH]c[nH+]c2n1. The van der Waals surface area contributed by atoms with Crippen LogP contribution in [0, 0.1) is 0 Å². The maximum Gasteiger partial charge on any atom is 0.306 e. The monoisotopic (exact) mass is 328 g/mol. The fourth-order valence-corrected chi connectivity index (χ4v) is 2.16. The number of halogens is 2. The highest BCUT2D eigenvalue weighted by molar-refractivity contribution is 9.10. The molecule has 0 bridgehead atoms. The van der Waals surface area contributed by atoms with Crippen LogP contribution in [0.2, 0.25) is 5.28 Å². The van der Waals surface area contributed by atoms with Crippen molar-refractivity contribution in [2.45, 2.75) is 6.54 Å². The number of nitrogens with one attached hydrogen (secondary N) is 3. The highest BCUT2D eigenvalue weighted by Crippen LogP contribution is 2.19. The Morgan fingerprint density at radius 3 is 3.17 bits per heavy atom. The van der Waals surface area contributed by atoms with Crippen LogP contribution in [0.5, 0.6) is 0 Å². The van der Waals surface area contributed by atoms with Crippen molar-refractivity contribution in [1.82, 2.24) is 15.0 Å². The fourth-order valence-electron chi connectivity index (χ4n) is 1.60. The van der Waals surface area contributed by atoms with Gasteiger partial charge < -0.3 is 9.73 Å². The summed E-state index contributed by atoms with van der Waals surface area (Å²) in [5.41, 5.74) is 2.44. The van der Waals surface area contributed by atoms with Gasteiger partial charge >= 0.3 is 10.9 Å². The Morgan fingerprint density at radius 2 is 2.39 bits per heavy atom. The zero-order valence-corrected chi connectivity index (χ0v) is 11.3. The van der Waals surface area contributed by atoms with E-state index < -0.39 is 0 Å². The van der Waals surface area contributed by atoms with E-state index in [1.807, 2.05) is 6.07 Å². The zero-order valence-electron chi connectivity index (χ0n) is 9.00. The number of fused-ring (bicyclic) bond motifs is 1. The summed E-state index contributed by atoms with van der Waals surface area (Å²) in [6.07, 6.45) is 3.34. The molecule has 0 saturated carbocycles. The highest BCUT2D eigenvalue weighted by atomic mass is 79.9. The Kier molecular flexibility index (Phi) is 2.92. The van der Waals surface area contributed by atoms with E-state index in [2.05, 4.69) is 41.2 Å². The Bertz CT molecular complexity index is 694. The van der Waals surface area contributed by atoms with E-state index in [1.165, 1.54) is 0 Å². The molecule has 3 aromatic heterocycles. The number of aromatic amines is 2. The van der Waals surface area contributed by atoms with Crippen LogP contribution in [0.1, 0.15) is 5.56 Å². The van der Waals surface area contributed by atoms with Crippen LogP contribution in [-0.4, -0.2) is 15.0 Å². The van der Waals surface area contributed by atoms with Crippen LogP contribution in [0.3, 0.4) is 0 Å². The normalized spacial score (nSPS) is 11.0. The molecule has 8 heteroatoms. The fraction of sp³-hybridized carbons (Fsp3) is 0.100. The Hall–Kier alpha value is -1.60. The third-order valence-electron chi connectivity index (χ3n) is 2.39. The number of anilines is 1. The Balaban J connectivity index is 1.87. The molecule has 0 fully saturated rings. The molecule has 0 amide bonds. The summed E-state index contributed by atoms with van der Waals surface area (Å²) in [6, 6.07) is 1.88. The second kappa shape index (κ2) is 4.58. The van der Waals surface area contributed by atoms with Gasteiger partial charge in [-0.3, -0.25) is 4.98 Å². The summed E-state index contributed by atoms with van der Waals surface area (Å²) in [5.74, 6) is 0.642. The van der Waals surface area contributed by atoms with E-state index in [4.69, 9.17) is 16.0 Å². The van der Waals surface area contributed by atoms with E-state index in [0.29, 0.717) is 22.7 Å². The predicted octanol–water partition coefficient (Wildman–Crippen LogP) is 2.39. The van der Waals surface area contributed by atoms with Crippen molar-refractivity contribution in [3.05, 3.63) is 34.2 Å². The molecular weight excluding hydrogens is 322 g/mol. The summed E-state index contributed by atoms with van der Waals surface area (Å²) in [5, 5.41) is 3.37. The van der Waals surface area contributed by atoms with E-state index in [9.17, 15) is 0 Å². The average Bonchev–Trinajstić information content (AvgIpc) is 2.94. The molecular formula is C10H8BrClN5O+. The summed E-state index contributed by atoms with van der Waals surface area (Å²) in [7, 11) is 0. The number of rotatable bonds is 3. The summed E-state index contributed by atoms with van der Waals surface area (Å²) in [4.78, 5) is 14.2. The molecule has 3 heterocycles. The first-order valence-electron chi connectivity index (χ1n) is 5.11. The molecule has 18 heavy (non-hydrogen) atoms. The molecule has 0 saturated heterocycles. The first-order valence-corrected chi connectivity index (χ1v) is 6.28. The van der Waals surface area contributed by atoms with Crippen LogP contribution in [-0.2, 0) is 6.54 Å². The van der Waals surface area contributed by atoms with Gasteiger partial charge in [0.25, 0.3) is 0 Å². The van der Waals surface area contributed by atoms with Gasteiger partial charge in [-0.25, -0.2) is 4.98 Å². The molecule has 0 aromatic carbocycles. The molecule has 3 aromatic rings. The molecule has 3 rings (SSSR count). The van der Waals surface area contributed by atoms with Crippen molar-refractivity contribution < 1.29 is 9.40 Å². The van der Waals surface area contributed by atoms with Gasteiger partial charge in [0, 0.05) is 12.1 Å². The van der Waals surface area contributed by atoms with Crippen LogP contribution in [0.25, 0.3) is 11.2 Å². The summed E-state index contributed by atoms with van der Waals surface area (Å²) in [6.45, 7) is 0.580. The van der Waals surface area contributed by atoms with Gasteiger partial charge in [-0.15, -0.1) is 0 Å². The van der Waals surface area contributed by atoms with Gasteiger partial charge in [-0.1, -0.05) is 4.98 Å². The molecule has 0 aliphatic carbocycles. The van der Waals surface area contributed by atoms with Gasteiger partial charge in [0.2, 0.25) is 5.52 Å². The average molecular weight is 330 g/mol. The lowest BCUT2D eigenvalue weighted by atomic mass is 10.3. The van der Waals surface area contributed by atoms with Crippen LogP contribution < -0.4 is 10.3 Å². The maximum absolute atomic E-state index is 5.84. The molecule has 0 unspecified atom stereocenters. The smallest absolute Gasteiger partial charge is 0.306 e. The summed E-state index contributed by atoms with van der Waals surface area (Å²) >= 11 is 9.10. The molecule has 0 atom stereocenters. The van der Waals surface area contributed by atoms with Gasteiger partial charge in [-0.2, -0.15) is 4.98 Å². The molecule has 6 nitrogen and oxygen atoms in total. The number of imidazole rings is 1. The van der Waals surface area contributed by atoms with E-state index in [1.54, 1.807) is 12.6 Å². The zero-order chi connectivity index (χ0) is 12.5. The van der Waals surface area contributed by atoms with Crippen molar-refractivity contribution in [3.63, 3.8) is 0 Å². The quantitative estimate of drug-likeness (QED) is 0.723. The number of nitrogens with zero attached hydrogens (tertiary/aromatic N) is 2. The van der Waals surface area contributed by atoms with Crippen LogP contribution >= 0.6 is 27.5 Å². The minimum atomic E-state index is 0.189. The first-order chi connectivity index (χ1) is 8.72. The van der Waals surface area contributed by atoms with Crippen molar-refractivity contribution in [3.8, 4) is 0 Å². The standard InChI is InChI=1S/C10H7BrClN5O/c11-6-1-5(3-18-6)2-13-8-7-9(15-4-14-7)17-10(12)16-8/h1,3-4H,2H2,(H2,13,14,15,16,17)/p+1. The predicted molar refractivity (Wildman–Crippen MR) is 69.2 cm³/mol. The lowest BCUT2D eigenvalue weighted by Crippen LogP contribution is -2.04. The van der Waals surface area contributed by atoms with E-state index >= 15 is 0 Å². The lowest BCUT2D eigenvalue weighted by molar-refractivity contribution is -0.347. The maximum atomic E-state index is 5.84. The van der Waals surface area contributed by atoms with Crippen molar-refractivity contribution in [2.24, 2.45) is 0 Å². The minimum absolute atomic E-state index is 0.189. The van der Waals surface area contributed by atoms with E-state index in [0.717, 1.165) is 11.1 Å². The van der Waals surface area contributed by atoms with Gasteiger partial charge in [0.15, 0.2) is 16.8 Å². The Labute approximate surface area is 115 Å². The van der Waals surface area contributed by atoms with Crippen molar-refractivity contribution in [1.29, 1.82) is 0 Å². The van der Waals surface area contributed by atoms with Gasteiger partial charge in [-0.05, 0) is 33.6 Å². The number of hydrogen-bond donors (Lipinski definition) is 2. The Morgan fingerprint density at radius 1 is 1.50 bits per heavy atom. The second-order valence-electron chi connectivity index (χ2n) is 3.61. The van der Waals surface area contributed by atoms with E-state index in [-0.39, 0.29) is 5.28 Å². The first kappa shape index (κ1) is 11.5. The molecule has 3 N–H and O–H groups in total. The third-order valence-corrected chi connectivity index (χ3v) is 2.97. The van der Waals surface area contributed by atoms with Gasteiger partial charge in [0.1, 0.15) is 0 Å². The number of aromatic nitrogens is 4. The molecule has 0 aliphatic heterocycles. The second-order valence-corrected chi connectivity index (χ2v) is 4.73. The molecule has 0 spiro atoms. The minimum Gasteiger partial charge on any atom is -0.457 e. The number of H-pyrrole nitrogens is 2. The summed E-state index contributed by atoms with van der Waals surface area (Å²) < 4.78 is 5.85. The number of hydrogen-bond acceptors (Lipinski definition) is 4. The number of furan rings is 1. The van der Waals surface area contributed by atoms with Crippen molar-refractivity contribution >= 4 is 44.5 Å². The third kappa shape index (κ3) is 2.19. The van der Waals surface area contributed by atoms with Crippen molar-refractivity contribution in [2.75, 3.05) is 5.32 Å². The largest absolute Gasteiger partial charge is 0.457 e. The molecule has 0 aliphatic rings. The van der Waals surface area contributed by atoms with Crippen LogP contribution in [0.4, 0.5) is 5.82 Å². The molecule has 0 radical (unpaired) electrons. The topological polar surface area (TPSA) is 80.9 Å². The lowest BCUT2D eigenvalue weighted by Gasteiger charge is -2.01. The molecule has 92 valence electrons. The van der Waals surface area contributed by atoms with Crippen LogP contribution in [0.15, 0.2) is 27.7 Å². The highest BCUT2D eigenvalue weighted by Gasteiger charge is 2.14. The van der Waals surface area contributed by atoms with Gasteiger partial charge in [0.05, 0.1) is 6.26 Å².